The summed E-state index contributed by atoms with van der Waals surface area (Å²) >= 11 is 0. The van der Waals surface area contributed by atoms with Crippen molar-refractivity contribution in [3.05, 3.63) is 42.2 Å². The van der Waals surface area contributed by atoms with E-state index in [0.717, 1.165) is 5.69 Å². The molecule has 1 heterocycles. The normalized spacial score (nSPS) is 9.50. The number of aromatic nitrogens is 1. The minimum atomic E-state index is -0.0554. The van der Waals surface area contributed by atoms with Crippen LogP contribution >= 0.6 is 0 Å². The lowest BCUT2D eigenvalue weighted by Gasteiger charge is -2.02. The second kappa shape index (κ2) is 5.17. The summed E-state index contributed by atoms with van der Waals surface area (Å²) in [7, 11) is 0. The Morgan fingerprint density at radius 1 is 1.71 bits per heavy atom. The SMILES string of the molecule is C=CCc1cc(C(=O)NCC)ccn1. The Bertz CT molecular complexity index is 334. The Morgan fingerprint density at radius 2 is 2.50 bits per heavy atom. The van der Waals surface area contributed by atoms with Gasteiger partial charge in [-0.15, -0.1) is 6.58 Å². The van der Waals surface area contributed by atoms with E-state index in [1.165, 1.54) is 0 Å². The highest BCUT2D eigenvalue weighted by Gasteiger charge is 2.04. The zero-order chi connectivity index (χ0) is 10.4. The van der Waals surface area contributed by atoms with Crippen molar-refractivity contribution in [2.24, 2.45) is 0 Å². The first-order valence-corrected chi connectivity index (χ1v) is 4.62. The molecule has 0 saturated carbocycles. The number of pyridine rings is 1. The summed E-state index contributed by atoms with van der Waals surface area (Å²) in [6, 6.07) is 3.49. The third-order valence-electron chi connectivity index (χ3n) is 1.77. The summed E-state index contributed by atoms with van der Waals surface area (Å²) in [5, 5.41) is 2.74. The van der Waals surface area contributed by atoms with Gasteiger partial charge in [-0.1, -0.05) is 6.08 Å². The Kier molecular flexibility index (Phi) is 3.85. The summed E-state index contributed by atoms with van der Waals surface area (Å²) in [5.41, 5.74) is 1.52. The van der Waals surface area contributed by atoms with E-state index in [2.05, 4.69) is 16.9 Å². The van der Waals surface area contributed by atoms with Gasteiger partial charge in [-0.05, 0) is 19.1 Å². The molecule has 0 aliphatic heterocycles. The molecular weight excluding hydrogens is 176 g/mol. The van der Waals surface area contributed by atoms with Gasteiger partial charge in [0.05, 0.1) is 0 Å². The highest BCUT2D eigenvalue weighted by Crippen LogP contribution is 2.02. The average Bonchev–Trinajstić information content (AvgIpc) is 2.19. The fourth-order valence-corrected chi connectivity index (χ4v) is 1.14. The van der Waals surface area contributed by atoms with E-state index in [4.69, 9.17) is 0 Å². The van der Waals surface area contributed by atoms with Gasteiger partial charge in [-0.2, -0.15) is 0 Å². The number of hydrogen-bond donors (Lipinski definition) is 1. The van der Waals surface area contributed by atoms with Crippen molar-refractivity contribution in [2.75, 3.05) is 6.54 Å². The van der Waals surface area contributed by atoms with Gasteiger partial charge >= 0.3 is 0 Å². The second-order valence-electron chi connectivity index (χ2n) is 2.89. The van der Waals surface area contributed by atoms with Crippen molar-refractivity contribution in [2.45, 2.75) is 13.3 Å². The first-order valence-electron chi connectivity index (χ1n) is 4.62. The number of carbonyl (C=O) groups excluding carboxylic acids is 1. The van der Waals surface area contributed by atoms with Crippen molar-refractivity contribution in [1.82, 2.24) is 10.3 Å². The van der Waals surface area contributed by atoms with E-state index < -0.39 is 0 Å². The summed E-state index contributed by atoms with van der Waals surface area (Å²) in [5.74, 6) is -0.0554. The molecule has 1 aromatic rings. The Hall–Kier alpha value is -1.64. The molecule has 0 unspecified atom stereocenters. The summed E-state index contributed by atoms with van der Waals surface area (Å²) in [6.45, 7) is 6.16. The number of nitrogens with zero attached hydrogens (tertiary/aromatic N) is 1. The number of nitrogens with one attached hydrogen (secondary N) is 1. The Morgan fingerprint density at radius 3 is 3.14 bits per heavy atom. The first kappa shape index (κ1) is 10.4. The molecular formula is C11H14N2O. The zero-order valence-corrected chi connectivity index (χ0v) is 8.29. The number of amides is 1. The lowest BCUT2D eigenvalue weighted by Crippen LogP contribution is -2.22. The summed E-state index contributed by atoms with van der Waals surface area (Å²) in [4.78, 5) is 15.6. The third-order valence-corrected chi connectivity index (χ3v) is 1.77. The molecule has 74 valence electrons. The molecule has 14 heavy (non-hydrogen) atoms. The Labute approximate surface area is 83.9 Å². The van der Waals surface area contributed by atoms with Crippen molar-refractivity contribution in [3.8, 4) is 0 Å². The van der Waals surface area contributed by atoms with Gasteiger partial charge in [0.25, 0.3) is 5.91 Å². The molecule has 3 heteroatoms. The fourth-order valence-electron chi connectivity index (χ4n) is 1.14. The van der Waals surface area contributed by atoms with Crippen LogP contribution in [0, 0.1) is 0 Å². The van der Waals surface area contributed by atoms with Gasteiger partial charge in [-0.25, -0.2) is 0 Å². The molecule has 0 fully saturated rings. The van der Waals surface area contributed by atoms with Crippen molar-refractivity contribution in [1.29, 1.82) is 0 Å². The van der Waals surface area contributed by atoms with Crippen LogP contribution in [0.1, 0.15) is 23.0 Å². The van der Waals surface area contributed by atoms with Gasteiger partial charge in [0.2, 0.25) is 0 Å². The van der Waals surface area contributed by atoms with E-state index in [1.807, 2.05) is 6.92 Å². The van der Waals surface area contributed by atoms with Crippen molar-refractivity contribution < 1.29 is 4.79 Å². The van der Waals surface area contributed by atoms with Crippen LogP contribution in [-0.4, -0.2) is 17.4 Å². The lowest BCUT2D eigenvalue weighted by molar-refractivity contribution is 0.0955. The van der Waals surface area contributed by atoms with E-state index in [1.54, 1.807) is 24.4 Å². The average molecular weight is 190 g/mol. The highest BCUT2D eigenvalue weighted by molar-refractivity contribution is 5.94. The number of allylic oxidation sites excluding steroid dienone is 1. The molecule has 0 saturated heterocycles. The van der Waals surface area contributed by atoms with Gasteiger partial charge in [0, 0.05) is 30.4 Å². The van der Waals surface area contributed by atoms with Gasteiger partial charge < -0.3 is 5.32 Å². The van der Waals surface area contributed by atoms with Crippen LogP contribution in [0.2, 0.25) is 0 Å². The summed E-state index contributed by atoms with van der Waals surface area (Å²) < 4.78 is 0. The molecule has 0 bridgehead atoms. The van der Waals surface area contributed by atoms with Gasteiger partial charge in [0.15, 0.2) is 0 Å². The molecule has 0 radical (unpaired) electrons. The van der Waals surface area contributed by atoms with E-state index in [-0.39, 0.29) is 5.91 Å². The molecule has 1 amide bonds. The number of hydrogen-bond acceptors (Lipinski definition) is 2. The molecule has 0 aromatic carbocycles. The van der Waals surface area contributed by atoms with Crippen LogP contribution in [-0.2, 0) is 6.42 Å². The molecule has 0 spiro atoms. The van der Waals surface area contributed by atoms with Crippen LogP contribution in [0.25, 0.3) is 0 Å². The predicted octanol–water partition coefficient (Wildman–Crippen LogP) is 1.56. The van der Waals surface area contributed by atoms with Crippen LogP contribution in [0.5, 0.6) is 0 Å². The predicted molar refractivity (Wildman–Crippen MR) is 56.1 cm³/mol. The van der Waals surface area contributed by atoms with Crippen LogP contribution in [0.15, 0.2) is 31.0 Å². The molecule has 1 N–H and O–H groups in total. The number of rotatable bonds is 4. The van der Waals surface area contributed by atoms with Crippen molar-refractivity contribution in [3.63, 3.8) is 0 Å². The lowest BCUT2D eigenvalue weighted by atomic mass is 10.2. The quantitative estimate of drug-likeness (QED) is 0.732. The van der Waals surface area contributed by atoms with E-state index in [0.29, 0.717) is 18.5 Å². The monoisotopic (exact) mass is 190 g/mol. The third kappa shape index (κ3) is 2.69. The molecule has 0 atom stereocenters. The maximum atomic E-state index is 11.4. The van der Waals surface area contributed by atoms with E-state index >= 15 is 0 Å². The smallest absolute Gasteiger partial charge is 0.251 e. The van der Waals surface area contributed by atoms with Crippen LogP contribution < -0.4 is 5.32 Å². The minimum absolute atomic E-state index is 0.0554. The van der Waals surface area contributed by atoms with Crippen LogP contribution in [0.4, 0.5) is 0 Å². The first-order chi connectivity index (χ1) is 6.77. The largest absolute Gasteiger partial charge is 0.352 e. The maximum Gasteiger partial charge on any atom is 0.251 e. The van der Waals surface area contributed by atoms with Crippen LogP contribution in [0.3, 0.4) is 0 Å². The second-order valence-corrected chi connectivity index (χ2v) is 2.89. The van der Waals surface area contributed by atoms with Gasteiger partial charge in [0.1, 0.15) is 0 Å². The molecule has 1 aromatic heterocycles. The summed E-state index contributed by atoms with van der Waals surface area (Å²) in [6.07, 6.45) is 4.10. The highest BCUT2D eigenvalue weighted by atomic mass is 16.1. The number of carbonyl (C=O) groups is 1. The van der Waals surface area contributed by atoms with Crippen molar-refractivity contribution >= 4 is 5.91 Å². The molecule has 3 nitrogen and oxygen atoms in total. The Balaban J connectivity index is 2.82. The standard InChI is InChI=1S/C11H14N2O/c1-3-5-10-8-9(6-7-13-10)11(14)12-4-2/h3,6-8H,1,4-5H2,2H3,(H,12,14). The molecule has 0 aliphatic carbocycles. The zero-order valence-electron chi connectivity index (χ0n) is 8.29. The van der Waals surface area contributed by atoms with E-state index in [9.17, 15) is 4.79 Å². The topological polar surface area (TPSA) is 42.0 Å². The fraction of sp³-hybridized carbons (Fsp3) is 0.273. The molecule has 1 rings (SSSR count). The molecule has 0 aliphatic rings. The maximum absolute atomic E-state index is 11.4. The van der Waals surface area contributed by atoms with Gasteiger partial charge in [-0.3, -0.25) is 9.78 Å². The minimum Gasteiger partial charge on any atom is -0.352 e.